The average molecular weight is 973 g/mol. The number of rotatable bonds is 5. The molecule has 378 valence electrons. The van der Waals surface area contributed by atoms with Gasteiger partial charge in [-0.1, -0.05) is 203 Å². The van der Waals surface area contributed by atoms with E-state index in [1.807, 2.05) is 0 Å². The molecule has 0 unspecified atom stereocenters. The van der Waals surface area contributed by atoms with Crippen molar-refractivity contribution in [3.05, 3.63) is 184 Å². The van der Waals surface area contributed by atoms with Crippen molar-refractivity contribution in [2.24, 2.45) is 0 Å². The van der Waals surface area contributed by atoms with E-state index in [0.29, 0.717) is 0 Å². The highest BCUT2D eigenvalue weighted by atomic mass is 15.2. The molecule has 0 fully saturated rings. The van der Waals surface area contributed by atoms with Gasteiger partial charge in [-0.3, -0.25) is 0 Å². The van der Waals surface area contributed by atoms with Crippen LogP contribution < -0.4 is 26.2 Å². The molecule has 0 radical (unpaired) electrons. The van der Waals surface area contributed by atoms with Crippen LogP contribution in [-0.2, 0) is 43.3 Å². The van der Waals surface area contributed by atoms with E-state index in [4.69, 9.17) is 0 Å². The molecule has 7 aromatic rings. The molecular formula is C71H81BN2. The summed E-state index contributed by atoms with van der Waals surface area (Å²) in [5, 5.41) is 0. The smallest absolute Gasteiger partial charge is 0.252 e. The second-order valence-corrected chi connectivity index (χ2v) is 29.2. The summed E-state index contributed by atoms with van der Waals surface area (Å²) in [5.41, 5.74) is 27.4. The van der Waals surface area contributed by atoms with E-state index in [9.17, 15) is 0 Å². The van der Waals surface area contributed by atoms with Crippen molar-refractivity contribution in [2.75, 3.05) is 9.80 Å². The highest BCUT2D eigenvalue weighted by molar-refractivity contribution is 7.00. The summed E-state index contributed by atoms with van der Waals surface area (Å²) in [6.07, 6.45) is 4.61. The summed E-state index contributed by atoms with van der Waals surface area (Å²) in [5.74, 6) is 0. The molecule has 5 aliphatic rings. The third-order valence-electron chi connectivity index (χ3n) is 19.5. The van der Waals surface area contributed by atoms with Crippen LogP contribution in [0.4, 0.5) is 34.1 Å². The zero-order valence-electron chi connectivity index (χ0n) is 48.0. The summed E-state index contributed by atoms with van der Waals surface area (Å²) < 4.78 is 0. The zero-order chi connectivity index (χ0) is 52.7. The molecular weight excluding hydrogens is 892 g/mol. The largest absolute Gasteiger partial charge is 0.311 e. The van der Waals surface area contributed by atoms with Gasteiger partial charge in [-0.05, 0) is 184 Å². The number of fused-ring (bicyclic) bond motifs is 7. The standard InChI is InChI=1S/C71H81BN2/c1-64(2,3)47-35-61-63-62(36-47)74(58-31-28-46(34-49(58)44-24-20-18-21-25-44)71(16,17)45-26-22-19-23-27-45)60-41-55-53(68(10,11)43-70(55,14)15)39-57(60)72(63)56-38-52-54(69(12,13)42-67(52,8)9)40-59(56)73(61)48-29-30-50-51(37-48)66(6,7)33-32-65(50,4)5/h18-31,34-41H,32-33,42-43H2,1-17H3. The van der Waals surface area contributed by atoms with E-state index in [1.165, 1.54) is 125 Å². The molecule has 7 aromatic carbocycles. The SMILES string of the molecule is CC(C)(C)c1cc2c3c(c1)N(c1ccc(C(C)(C)c4ccccc4)cc1-c1ccccc1)c1cc4c(cc1B3c1cc3c(cc1N2c1ccc2c(c1)C(C)(C)CCC2(C)C)C(C)(C)CC3(C)C)C(C)(C)CC4(C)C. The summed E-state index contributed by atoms with van der Waals surface area (Å²) in [6.45, 7) is 41.9. The van der Waals surface area contributed by atoms with E-state index in [0.717, 1.165) is 12.8 Å². The number of nitrogens with zero attached hydrogens (tertiary/aromatic N) is 2. The summed E-state index contributed by atoms with van der Waals surface area (Å²) in [6, 6.07) is 53.3. The Balaban J connectivity index is 1.23. The second-order valence-electron chi connectivity index (χ2n) is 29.2. The van der Waals surface area contributed by atoms with Crippen molar-refractivity contribution in [3.8, 4) is 11.1 Å². The molecule has 2 heterocycles. The monoisotopic (exact) mass is 973 g/mol. The fraction of sp³-hybridized carbons (Fsp3) is 0.408. The van der Waals surface area contributed by atoms with Gasteiger partial charge < -0.3 is 9.80 Å². The maximum atomic E-state index is 2.74. The Hall–Kier alpha value is -5.80. The van der Waals surface area contributed by atoms with Gasteiger partial charge in [-0.25, -0.2) is 0 Å². The van der Waals surface area contributed by atoms with Gasteiger partial charge in [0, 0.05) is 39.4 Å². The topological polar surface area (TPSA) is 6.48 Å². The summed E-state index contributed by atoms with van der Waals surface area (Å²) >= 11 is 0. The lowest BCUT2D eigenvalue weighted by Gasteiger charge is -2.47. The Labute approximate surface area is 446 Å². The Morgan fingerprint density at radius 3 is 1.39 bits per heavy atom. The highest BCUT2D eigenvalue weighted by Gasteiger charge is 2.51. The Kier molecular flexibility index (Phi) is 10.4. The first-order chi connectivity index (χ1) is 34.5. The maximum absolute atomic E-state index is 2.74. The van der Waals surface area contributed by atoms with E-state index in [1.54, 1.807) is 0 Å². The number of anilines is 6. The van der Waals surface area contributed by atoms with Gasteiger partial charge in [0.1, 0.15) is 0 Å². The molecule has 12 rings (SSSR count). The maximum Gasteiger partial charge on any atom is 0.252 e. The first kappa shape index (κ1) is 49.1. The third-order valence-corrected chi connectivity index (χ3v) is 19.5. The van der Waals surface area contributed by atoms with E-state index >= 15 is 0 Å². The molecule has 0 N–H and O–H groups in total. The van der Waals surface area contributed by atoms with Crippen LogP contribution in [-0.4, -0.2) is 6.71 Å². The van der Waals surface area contributed by atoms with E-state index in [2.05, 4.69) is 261 Å². The molecule has 0 amide bonds. The molecule has 0 saturated heterocycles. The predicted molar refractivity (Wildman–Crippen MR) is 320 cm³/mol. The Bertz CT molecular complexity index is 3460. The predicted octanol–water partition coefficient (Wildman–Crippen LogP) is 17.3. The van der Waals surface area contributed by atoms with Crippen molar-refractivity contribution in [1.82, 2.24) is 0 Å². The van der Waals surface area contributed by atoms with Gasteiger partial charge in [-0.15, -0.1) is 0 Å². The first-order valence-electron chi connectivity index (χ1n) is 28.1. The van der Waals surface area contributed by atoms with E-state index < -0.39 is 0 Å². The molecule has 0 aromatic heterocycles. The lowest BCUT2D eigenvalue weighted by molar-refractivity contribution is 0.332. The lowest BCUT2D eigenvalue weighted by Crippen LogP contribution is -2.62. The van der Waals surface area contributed by atoms with Crippen LogP contribution in [0, 0.1) is 0 Å². The fourth-order valence-corrected chi connectivity index (χ4v) is 15.6. The van der Waals surface area contributed by atoms with Crippen LogP contribution >= 0.6 is 0 Å². The molecule has 0 atom stereocenters. The van der Waals surface area contributed by atoms with Gasteiger partial charge in [0.2, 0.25) is 0 Å². The van der Waals surface area contributed by atoms with Gasteiger partial charge in [0.05, 0.1) is 5.69 Å². The van der Waals surface area contributed by atoms with Crippen molar-refractivity contribution >= 4 is 57.2 Å². The van der Waals surface area contributed by atoms with Gasteiger partial charge in [0.25, 0.3) is 6.71 Å². The van der Waals surface area contributed by atoms with Crippen LogP contribution in [0.5, 0.6) is 0 Å². The molecule has 3 aliphatic carbocycles. The molecule has 3 heteroatoms. The van der Waals surface area contributed by atoms with Crippen LogP contribution in [0.2, 0.25) is 0 Å². The average Bonchev–Trinajstić information content (AvgIpc) is 3.65. The van der Waals surface area contributed by atoms with Gasteiger partial charge >= 0.3 is 0 Å². The van der Waals surface area contributed by atoms with Crippen molar-refractivity contribution in [3.63, 3.8) is 0 Å². The fourth-order valence-electron chi connectivity index (χ4n) is 15.6. The van der Waals surface area contributed by atoms with Crippen LogP contribution in [0.1, 0.15) is 193 Å². The molecule has 0 saturated carbocycles. The minimum atomic E-state index is -0.221. The number of hydrogen-bond acceptors (Lipinski definition) is 2. The normalized spacial score (nSPS) is 19.8. The van der Waals surface area contributed by atoms with Crippen LogP contribution in [0.15, 0.2) is 133 Å². The quantitative estimate of drug-likeness (QED) is 0.159. The minimum Gasteiger partial charge on any atom is -0.311 e. The minimum absolute atomic E-state index is 0.0105. The van der Waals surface area contributed by atoms with Crippen LogP contribution in [0.3, 0.4) is 0 Å². The van der Waals surface area contributed by atoms with Crippen LogP contribution in [0.25, 0.3) is 11.1 Å². The van der Waals surface area contributed by atoms with Gasteiger partial charge in [0.15, 0.2) is 0 Å². The highest BCUT2D eigenvalue weighted by Crippen LogP contribution is 2.57. The molecule has 0 spiro atoms. The number of benzene rings is 7. The zero-order valence-corrected chi connectivity index (χ0v) is 48.0. The third kappa shape index (κ3) is 7.24. The lowest BCUT2D eigenvalue weighted by atomic mass is 9.33. The Morgan fingerprint density at radius 1 is 0.378 bits per heavy atom. The Morgan fingerprint density at radius 2 is 0.851 bits per heavy atom. The molecule has 0 bridgehead atoms. The molecule has 2 aliphatic heterocycles. The first-order valence-corrected chi connectivity index (χ1v) is 28.1. The molecule has 74 heavy (non-hydrogen) atoms. The van der Waals surface area contributed by atoms with Crippen molar-refractivity contribution < 1.29 is 0 Å². The molecule has 2 nitrogen and oxygen atoms in total. The summed E-state index contributed by atoms with van der Waals surface area (Å²) in [7, 11) is 0. The van der Waals surface area contributed by atoms with Crippen molar-refractivity contribution in [2.45, 2.75) is 187 Å². The second kappa shape index (κ2) is 15.6. The number of hydrogen-bond donors (Lipinski definition) is 0. The van der Waals surface area contributed by atoms with Crippen molar-refractivity contribution in [1.29, 1.82) is 0 Å². The van der Waals surface area contributed by atoms with E-state index in [-0.39, 0.29) is 50.0 Å². The van der Waals surface area contributed by atoms with Gasteiger partial charge in [-0.2, -0.15) is 0 Å². The summed E-state index contributed by atoms with van der Waals surface area (Å²) in [4.78, 5) is 5.48.